The summed E-state index contributed by atoms with van der Waals surface area (Å²) in [6.45, 7) is 18.4. The van der Waals surface area contributed by atoms with Crippen molar-refractivity contribution in [1.82, 2.24) is 25.6 Å². The molecule has 16 nitrogen and oxygen atoms in total. The lowest BCUT2D eigenvalue weighted by atomic mass is 9.85. The predicted molar refractivity (Wildman–Crippen MR) is 223 cm³/mol. The Morgan fingerprint density at radius 1 is 0.967 bits per heavy atom. The number of aryl methyl sites for hydroxylation is 2. The molecule has 0 aromatic heterocycles. The number of carbonyl (C=O) groups excluding carboxylic acids is 6. The number of isocyanates is 1. The summed E-state index contributed by atoms with van der Waals surface area (Å²) >= 11 is 0. The van der Waals surface area contributed by atoms with E-state index in [9.17, 15) is 37.2 Å². The lowest BCUT2D eigenvalue weighted by molar-refractivity contribution is -0.143. The second-order valence-electron chi connectivity index (χ2n) is 17.5. The zero-order valence-electron chi connectivity index (χ0n) is 35.6. The number of aliphatic imine (C=N–C) groups is 1. The van der Waals surface area contributed by atoms with Crippen molar-refractivity contribution in [3.05, 3.63) is 83.4 Å². The van der Waals surface area contributed by atoms with E-state index in [-0.39, 0.29) is 25.9 Å². The molecule has 4 N–H and O–H groups in total. The molecule has 0 bridgehead atoms. The van der Waals surface area contributed by atoms with Gasteiger partial charge in [-0.05, 0) is 81.5 Å². The van der Waals surface area contributed by atoms with Crippen LogP contribution in [0.1, 0.15) is 89.5 Å². The minimum absolute atomic E-state index is 0.112. The first kappa shape index (κ1) is 47.1. The lowest BCUT2D eigenvalue weighted by Gasteiger charge is -2.36. The fraction of sp³-hybridized carbons (Fsp3) is 0.535. The van der Waals surface area contributed by atoms with Crippen LogP contribution < -0.4 is 20.7 Å². The van der Waals surface area contributed by atoms with Gasteiger partial charge in [-0.3, -0.25) is 19.1 Å². The molecule has 5 atom stereocenters. The molecular weight excluding hydrogens is 793 g/mol. The van der Waals surface area contributed by atoms with Gasteiger partial charge in [0.05, 0.1) is 18.3 Å². The molecule has 17 heteroatoms. The maximum atomic E-state index is 14.2. The zero-order valence-corrected chi connectivity index (χ0v) is 36.4. The molecule has 3 aliphatic rings. The average molecular weight is 851 g/mol. The summed E-state index contributed by atoms with van der Waals surface area (Å²) in [4.78, 5) is 81.8. The third-order valence-electron chi connectivity index (χ3n) is 10.4. The first-order valence-electron chi connectivity index (χ1n) is 19.9. The van der Waals surface area contributed by atoms with Crippen LogP contribution in [0.5, 0.6) is 0 Å². The SMILES string of the molecule is C=CC1C[C@]1(NC(=O)[C@@H]1C[C@@H](OC(=O)NCc2ccccc2C)CN1C(=O)[C@@H](NC(=O)OC(C)(C)C)C(C)(C)C)C(=O)NS(=O)(=O)C1CC1.Cc1ccccc1CN=C=O. The average Bonchev–Trinajstić information content (AvgIpc) is 4.09. The van der Waals surface area contributed by atoms with Crippen LogP contribution in [0.2, 0.25) is 0 Å². The number of nitrogens with zero attached hydrogens (tertiary/aromatic N) is 2. The molecule has 1 saturated heterocycles. The van der Waals surface area contributed by atoms with Crippen LogP contribution in [-0.2, 0) is 51.8 Å². The Hall–Kier alpha value is -5.54. The van der Waals surface area contributed by atoms with Crippen LogP contribution in [0, 0.1) is 25.2 Å². The summed E-state index contributed by atoms with van der Waals surface area (Å²) in [7, 11) is -3.91. The Morgan fingerprint density at radius 3 is 2.08 bits per heavy atom. The van der Waals surface area contributed by atoms with Crippen molar-refractivity contribution in [3.63, 3.8) is 0 Å². The van der Waals surface area contributed by atoms with Gasteiger partial charge in [-0.15, -0.1) is 6.58 Å². The first-order valence-corrected chi connectivity index (χ1v) is 21.4. The number of alkyl carbamates (subject to hydrolysis) is 2. The van der Waals surface area contributed by atoms with Crippen molar-refractivity contribution < 1.29 is 46.7 Å². The summed E-state index contributed by atoms with van der Waals surface area (Å²) in [6.07, 6.45) is 1.36. The number of sulfonamides is 1. The Kier molecular flexibility index (Phi) is 15.1. The molecule has 2 aromatic rings. The van der Waals surface area contributed by atoms with Crippen molar-refractivity contribution in [2.75, 3.05) is 6.54 Å². The van der Waals surface area contributed by atoms with Crippen LogP contribution in [0.15, 0.2) is 66.2 Å². The highest BCUT2D eigenvalue weighted by Gasteiger charge is 2.62. The molecule has 2 aliphatic carbocycles. The number of amides is 5. The molecule has 0 spiro atoms. The van der Waals surface area contributed by atoms with E-state index in [0.29, 0.717) is 19.4 Å². The van der Waals surface area contributed by atoms with Gasteiger partial charge in [0.1, 0.15) is 29.3 Å². The van der Waals surface area contributed by atoms with E-state index in [4.69, 9.17) is 9.47 Å². The van der Waals surface area contributed by atoms with Gasteiger partial charge < -0.3 is 30.3 Å². The zero-order chi connectivity index (χ0) is 44.6. The van der Waals surface area contributed by atoms with Crippen LogP contribution in [0.25, 0.3) is 0 Å². The van der Waals surface area contributed by atoms with Crippen molar-refractivity contribution in [1.29, 1.82) is 0 Å². The Bertz CT molecular complexity index is 2100. The molecule has 2 saturated carbocycles. The highest BCUT2D eigenvalue weighted by molar-refractivity contribution is 7.91. The summed E-state index contributed by atoms with van der Waals surface area (Å²) in [5.41, 5.74) is 0.823. The molecule has 3 fully saturated rings. The molecule has 60 heavy (non-hydrogen) atoms. The molecular formula is C43H58N6O10S. The highest BCUT2D eigenvalue weighted by atomic mass is 32.2. The molecule has 5 amide bonds. The van der Waals surface area contributed by atoms with Gasteiger partial charge >= 0.3 is 12.2 Å². The minimum atomic E-state index is -3.91. The minimum Gasteiger partial charge on any atom is -0.444 e. The molecule has 1 unspecified atom stereocenters. The largest absolute Gasteiger partial charge is 0.444 e. The number of benzene rings is 2. The fourth-order valence-electron chi connectivity index (χ4n) is 6.71. The third kappa shape index (κ3) is 12.7. The number of likely N-dealkylation sites (tertiary alicyclic amines) is 1. The number of hydrogen-bond acceptors (Lipinski definition) is 11. The summed E-state index contributed by atoms with van der Waals surface area (Å²) < 4.78 is 38.4. The second kappa shape index (κ2) is 19.2. The summed E-state index contributed by atoms with van der Waals surface area (Å²) in [6, 6.07) is 13.0. The first-order chi connectivity index (χ1) is 28.0. The van der Waals surface area contributed by atoms with E-state index in [0.717, 1.165) is 22.3 Å². The van der Waals surface area contributed by atoms with Crippen molar-refractivity contribution in [3.8, 4) is 0 Å². The highest BCUT2D eigenvalue weighted by Crippen LogP contribution is 2.45. The van der Waals surface area contributed by atoms with Crippen LogP contribution in [0.4, 0.5) is 9.59 Å². The standard InChI is InChI=1S/C34H49N5O9S.C9H9NO/c1-9-22-17-34(22,29(42)38-49(45,46)24-14-15-24)37-27(40)25-16-23(47-30(43)35-18-21-13-11-10-12-20(21)2)19-39(25)28(41)26(32(3,4)5)36-31(44)48-33(6,7)8;1-8-4-2-3-5-9(8)6-10-7-11/h9-13,22-26H,1,14-19H2,2-8H3,(H,35,43)(H,36,44)(H,37,40)(H,38,42);2-5H,6H2,1H3/t22?,23-,25+,26-,34-;/m1./s1. The third-order valence-corrected chi connectivity index (χ3v) is 12.2. The number of rotatable bonds is 13. The molecule has 326 valence electrons. The maximum absolute atomic E-state index is 14.2. The van der Waals surface area contributed by atoms with E-state index in [1.54, 1.807) is 41.5 Å². The van der Waals surface area contributed by atoms with Crippen molar-refractivity contribution >= 4 is 46.0 Å². The fourth-order valence-corrected chi connectivity index (χ4v) is 8.07. The van der Waals surface area contributed by atoms with E-state index in [2.05, 4.69) is 32.2 Å². The number of nitrogens with one attached hydrogen (secondary N) is 4. The van der Waals surface area contributed by atoms with Gasteiger partial charge in [-0.25, -0.2) is 27.8 Å². The number of carbonyl (C=O) groups is 5. The van der Waals surface area contributed by atoms with E-state index in [1.165, 1.54) is 17.1 Å². The quantitative estimate of drug-likeness (QED) is 0.124. The van der Waals surface area contributed by atoms with Gasteiger partial charge in [0.15, 0.2) is 0 Å². The lowest BCUT2D eigenvalue weighted by Crippen LogP contribution is -2.60. The van der Waals surface area contributed by atoms with Gasteiger partial charge in [-0.1, -0.05) is 75.4 Å². The van der Waals surface area contributed by atoms with Gasteiger partial charge in [-0.2, -0.15) is 0 Å². The number of hydrogen-bond donors (Lipinski definition) is 4. The van der Waals surface area contributed by atoms with E-state index < -0.39 is 85.8 Å². The topological polar surface area (TPSA) is 219 Å². The van der Waals surface area contributed by atoms with Gasteiger partial charge in [0.2, 0.25) is 27.9 Å². The number of ether oxygens (including phenoxy) is 2. The van der Waals surface area contributed by atoms with Crippen molar-refractivity contribution in [2.24, 2.45) is 16.3 Å². The maximum Gasteiger partial charge on any atom is 0.408 e. The summed E-state index contributed by atoms with van der Waals surface area (Å²) in [5.74, 6) is -2.80. The van der Waals surface area contributed by atoms with Crippen LogP contribution in [-0.4, -0.2) is 90.4 Å². The molecule has 1 heterocycles. The van der Waals surface area contributed by atoms with Crippen LogP contribution >= 0.6 is 0 Å². The predicted octanol–water partition coefficient (Wildman–Crippen LogP) is 4.63. The van der Waals surface area contributed by atoms with Crippen molar-refractivity contribution in [2.45, 2.75) is 129 Å². The Balaban J connectivity index is 0.000000624. The normalized spacial score (nSPS) is 21.4. The second-order valence-corrected chi connectivity index (χ2v) is 19.5. The molecule has 0 radical (unpaired) electrons. The van der Waals surface area contributed by atoms with Gasteiger partial charge in [0.25, 0.3) is 5.91 Å². The monoisotopic (exact) mass is 850 g/mol. The van der Waals surface area contributed by atoms with E-state index in [1.807, 2.05) is 62.4 Å². The smallest absolute Gasteiger partial charge is 0.408 e. The van der Waals surface area contributed by atoms with Gasteiger partial charge in [0, 0.05) is 18.9 Å². The molecule has 1 aliphatic heterocycles. The Morgan fingerprint density at radius 2 is 1.57 bits per heavy atom. The Labute approximate surface area is 352 Å². The van der Waals surface area contributed by atoms with E-state index >= 15 is 0 Å². The molecule has 5 rings (SSSR count). The summed E-state index contributed by atoms with van der Waals surface area (Å²) in [5, 5.41) is 7.39. The molecule has 2 aromatic carbocycles. The van der Waals surface area contributed by atoms with Crippen LogP contribution in [0.3, 0.4) is 0 Å².